The standard InChI is InChI=1S/C30H36FN5OS/c31-25-5-7-26(8-6-25)34-28-15-24-11-14-36(38-27-9-10-29(33-18-27)35-12-1-2-13-35)20-30(24,16-23(28)17-32)21-37-19-22-3-4-22/h5-10,15,17-18,22H,1-4,11-14,16,19-21,32H2/p+1/t30-/m1/s1. The number of rotatable bonds is 8. The van der Waals surface area contributed by atoms with Gasteiger partial charge in [0.05, 0.1) is 36.0 Å². The first kappa shape index (κ1) is 25.6. The quantitative estimate of drug-likeness (QED) is 0.465. The zero-order valence-electron chi connectivity index (χ0n) is 21.9. The average Bonchev–Trinajstić information content (AvgIpc) is 3.59. The van der Waals surface area contributed by atoms with Gasteiger partial charge in [-0.05, 0) is 105 Å². The summed E-state index contributed by atoms with van der Waals surface area (Å²) >= 11 is 1.82. The highest BCUT2D eigenvalue weighted by molar-refractivity contribution is 7.97. The third-order valence-corrected chi connectivity index (χ3v) is 9.15. The number of nitrogens with zero attached hydrogens (tertiary/aromatic N) is 3. The maximum atomic E-state index is 13.4. The molecule has 1 aromatic heterocycles. The molecule has 2 saturated heterocycles. The molecule has 0 radical (unpaired) electrons. The number of piperidine rings is 1. The van der Waals surface area contributed by atoms with E-state index in [2.05, 4.69) is 38.6 Å². The Balaban J connectivity index is 1.22. The summed E-state index contributed by atoms with van der Waals surface area (Å²) in [5, 5.41) is 0. The number of allylic oxidation sites excluding steroid dienone is 2. The molecule has 3 N–H and O–H groups in total. The van der Waals surface area contributed by atoms with Crippen LogP contribution in [0.3, 0.4) is 0 Å². The third-order valence-electron chi connectivity index (χ3n) is 8.11. The van der Waals surface area contributed by atoms with E-state index in [1.807, 2.05) is 11.9 Å². The number of benzene rings is 1. The van der Waals surface area contributed by atoms with Crippen LogP contribution in [0, 0.1) is 17.2 Å². The maximum absolute atomic E-state index is 13.4. The molecule has 1 atom stereocenters. The molecule has 200 valence electrons. The second-order valence-corrected chi connectivity index (χ2v) is 12.2. The number of pyridine rings is 1. The Hall–Kier alpha value is -2.68. The van der Waals surface area contributed by atoms with Gasteiger partial charge in [0.25, 0.3) is 5.82 Å². The summed E-state index contributed by atoms with van der Waals surface area (Å²) in [4.78, 5) is 12.0. The normalized spacial score (nSPS) is 26.1. The van der Waals surface area contributed by atoms with Crippen molar-refractivity contribution < 1.29 is 14.1 Å². The zero-order chi connectivity index (χ0) is 26.0. The van der Waals surface area contributed by atoms with Crippen LogP contribution in [0.15, 0.2) is 75.9 Å². The molecule has 0 spiro atoms. The fraction of sp³-hybridized carbons (Fsp3) is 0.467. The van der Waals surface area contributed by atoms with Gasteiger partial charge in [-0.15, -0.1) is 0 Å². The average molecular weight is 535 g/mol. The van der Waals surface area contributed by atoms with Crippen molar-refractivity contribution in [2.45, 2.75) is 43.4 Å². The van der Waals surface area contributed by atoms with Crippen molar-refractivity contribution in [1.29, 1.82) is 0 Å². The van der Waals surface area contributed by atoms with E-state index in [9.17, 15) is 4.39 Å². The Kier molecular flexibility index (Phi) is 7.54. The van der Waals surface area contributed by atoms with Crippen LogP contribution in [0.5, 0.6) is 0 Å². The topological polar surface area (TPSA) is 68.2 Å². The summed E-state index contributed by atoms with van der Waals surface area (Å²) in [6.45, 7) is 5.65. The number of aromatic amines is 1. The van der Waals surface area contributed by atoms with Crippen LogP contribution >= 0.6 is 11.9 Å². The lowest BCUT2D eigenvalue weighted by molar-refractivity contribution is -0.366. The molecule has 0 amide bonds. The Morgan fingerprint density at radius 2 is 1.95 bits per heavy atom. The Bertz CT molecular complexity index is 1220. The van der Waals surface area contributed by atoms with Gasteiger partial charge in [0.1, 0.15) is 12.0 Å². The van der Waals surface area contributed by atoms with E-state index >= 15 is 0 Å². The monoisotopic (exact) mass is 534 g/mol. The summed E-state index contributed by atoms with van der Waals surface area (Å²) in [6.07, 6.45) is 12.9. The Morgan fingerprint density at radius 1 is 1.13 bits per heavy atom. The van der Waals surface area contributed by atoms with Crippen molar-refractivity contribution in [3.8, 4) is 0 Å². The Morgan fingerprint density at radius 3 is 2.66 bits per heavy atom. The van der Waals surface area contributed by atoms with Gasteiger partial charge in [0.2, 0.25) is 0 Å². The van der Waals surface area contributed by atoms with E-state index in [0.29, 0.717) is 6.61 Å². The number of aliphatic imine (C=N–C) groups is 1. The first-order valence-corrected chi connectivity index (χ1v) is 14.6. The first-order valence-electron chi connectivity index (χ1n) is 13.8. The number of nitrogens with two attached hydrogens (primary N) is 1. The van der Waals surface area contributed by atoms with Crippen LogP contribution in [0.2, 0.25) is 0 Å². The number of hydrogen-bond acceptors (Lipinski definition) is 6. The van der Waals surface area contributed by atoms with E-state index < -0.39 is 0 Å². The summed E-state index contributed by atoms with van der Waals surface area (Å²) in [7, 11) is 0. The predicted octanol–water partition coefficient (Wildman–Crippen LogP) is 5.31. The van der Waals surface area contributed by atoms with Crippen molar-refractivity contribution in [3.05, 3.63) is 71.8 Å². The molecule has 6 rings (SSSR count). The Labute approximate surface area is 229 Å². The molecule has 1 aromatic carbocycles. The molecule has 0 bridgehead atoms. The summed E-state index contributed by atoms with van der Waals surface area (Å²) < 4.78 is 22.3. The third kappa shape index (κ3) is 5.82. The second-order valence-electron chi connectivity index (χ2n) is 11.1. The number of H-pyrrole nitrogens is 1. The highest BCUT2D eigenvalue weighted by atomic mass is 32.2. The van der Waals surface area contributed by atoms with Crippen LogP contribution in [0.4, 0.5) is 15.9 Å². The van der Waals surface area contributed by atoms with Crippen molar-refractivity contribution in [2.75, 3.05) is 44.3 Å². The van der Waals surface area contributed by atoms with Gasteiger partial charge in [-0.25, -0.2) is 18.7 Å². The van der Waals surface area contributed by atoms with Crippen LogP contribution < -0.4 is 15.6 Å². The highest BCUT2D eigenvalue weighted by Crippen LogP contribution is 2.47. The fourth-order valence-electron chi connectivity index (χ4n) is 5.77. The van der Waals surface area contributed by atoms with Crippen molar-refractivity contribution in [2.24, 2.45) is 22.1 Å². The van der Waals surface area contributed by atoms with Crippen molar-refractivity contribution in [1.82, 2.24) is 4.31 Å². The first-order chi connectivity index (χ1) is 18.6. The van der Waals surface area contributed by atoms with E-state index in [-0.39, 0.29) is 11.2 Å². The molecule has 3 heterocycles. The van der Waals surface area contributed by atoms with Gasteiger partial charge >= 0.3 is 0 Å². The summed E-state index contributed by atoms with van der Waals surface area (Å²) in [5.41, 5.74) is 10.0. The van der Waals surface area contributed by atoms with Crippen molar-refractivity contribution >= 4 is 29.2 Å². The predicted molar refractivity (Wildman–Crippen MR) is 151 cm³/mol. The second kappa shape index (κ2) is 11.2. The number of halogens is 1. The van der Waals surface area contributed by atoms with Crippen LogP contribution in [0.25, 0.3) is 0 Å². The van der Waals surface area contributed by atoms with Crippen molar-refractivity contribution in [3.63, 3.8) is 0 Å². The number of ether oxygens (including phenoxy) is 1. The fourth-order valence-corrected chi connectivity index (χ4v) is 6.81. The van der Waals surface area contributed by atoms with Gasteiger partial charge in [-0.1, -0.05) is 5.57 Å². The molecule has 6 nitrogen and oxygen atoms in total. The zero-order valence-corrected chi connectivity index (χ0v) is 22.7. The lowest BCUT2D eigenvalue weighted by Gasteiger charge is -2.46. The van der Waals surface area contributed by atoms with Crippen LogP contribution in [-0.2, 0) is 4.74 Å². The minimum atomic E-state index is -0.259. The molecule has 2 aromatic rings. The highest BCUT2D eigenvalue weighted by Gasteiger charge is 2.44. The van der Waals surface area contributed by atoms with Gasteiger partial charge in [0, 0.05) is 31.2 Å². The summed E-state index contributed by atoms with van der Waals surface area (Å²) in [5.74, 6) is 1.67. The SMILES string of the molecule is NC=C1C[C@]2(COCC3CC3)CN(Sc3ccc(N4CCCC4)[nH+]c3)CCC2=CC1=Nc1ccc(F)cc1. The molecular weight excluding hydrogens is 497 g/mol. The smallest absolute Gasteiger partial charge is 0.274 e. The lowest BCUT2D eigenvalue weighted by atomic mass is 9.68. The van der Waals surface area contributed by atoms with Gasteiger partial charge < -0.3 is 10.5 Å². The molecule has 1 saturated carbocycles. The van der Waals surface area contributed by atoms with Gasteiger partial charge in [0.15, 0.2) is 0 Å². The number of fused-ring (bicyclic) bond motifs is 1. The minimum absolute atomic E-state index is 0.133. The number of aromatic nitrogens is 1. The molecule has 0 unspecified atom stereocenters. The van der Waals surface area contributed by atoms with E-state index in [1.165, 1.54) is 54.1 Å². The number of anilines is 1. The molecule has 2 aliphatic heterocycles. The molecular formula is C30H37FN5OS+. The van der Waals surface area contributed by atoms with Crippen LogP contribution in [-0.4, -0.2) is 49.4 Å². The lowest BCUT2D eigenvalue weighted by Crippen LogP contribution is -2.47. The van der Waals surface area contributed by atoms with Gasteiger partial charge in [-0.2, -0.15) is 0 Å². The molecule has 3 fully saturated rings. The molecule has 8 heteroatoms. The molecule has 4 aliphatic rings. The maximum Gasteiger partial charge on any atom is 0.274 e. The van der Waals surface area contributed by atoms with E-state index in [1.54, 1.807) is 18.3 Å². The summed E-state index contributed by atoms with van der Waals surface area (Å²) in [6, 6.07) is 10.8. The number of nitrogens with one attached hydrogen (secondary N) is 1. The molecule has 38 heavy (non-hydrogen) atoms. The van der Waals surface area contributed by atoms with E-state index in [4.69, 9.17) is 15.5 Å². The van der Waals surface area contributed by atoms with E-state index in [0.717, 1.165) is 68.5 Å². The largest absolute Gasteiger partial charge is 0.404 e. The van der Waals surface area contributed by atoms with Crippen LogP contribution in [0.1, 0.15) is 38.5 Å². The minimum Gasteiger partial charge on any atom is -0.404 e. The number of hydrogen-bond donors (Lipinski definition) is 1. The van der Waals surface area contributed by atoms with Gasteiger partial charge in [-0.3, -0.25) is 4.90 Å². The molecule has 2 aliphatic carbocycles.